The topological polar surface area (TPSA) is 80.7 Å². The Bertz CT molecular complexity index is 518. The zero-order valence-electron chi connectivity index (χ0n) is 7.52. The molecule has 0 spiro atoms. The molecule has 2 rings (SSSR count). The lowest BCUT2D eigenvalue weighted by atomic mass is 10.3. The van der Waals surface area contributed by atoms with E-state index in [2.05, 4.69) is 25.1 Å². The Kier molecular flexibility index (Phi) is 3.28. The van der Waals surface area contributed by atoms with Gasteiger partial charge < -0.3 is 0 Å². The molecule has 0 aliphatic heterocycles. The Labute approximate surface area is 104 Å². The molecule has 2 aromatic heterocycles. The fourth-order valence-electron chi connectivity index (χ4n) is 0.928. The molecule has 0 radical (unpaired) electrons. The molecule has 0 saturated carbocycles. The maximum Gasteiger partial charge on any atom is 0.260 e. The van der Waals surface area contributed by atoms with Crippen molar-refractivity contribution in [3.8, 4) is 0 Å². The lowest BCUT2D eigenvalue weighted by Gasteiger charge is -2.02. The van der Waals surface area contributed by atoms with Crippen LogP contribution >= 0.6 is 34.7 Å². The van der Waals surface area contributed by atoms with Gasteiger partial charge in [-0.05, 0) is 17.3 Å². The molecule has 0 saturated heterocycles. The molecule has 0 atom stereocenters. The van der Waals surface area contributed by atoms with E-state index in [0.29, 0.717) is 0 Å². The first kappa shape index (κ1) is 11.2. The number of carbonyl (C=O) groups excluding carboxylic acids is 1. The summed E-state index contributed by atoms with van der Waals surface area (Å²) in [5.41, 5.74) is 0.210. The summed E-state index contributed by atoms with van der Waals surface area (Å²) in [7, 11) is 0. The van der Waals surface area contributed by atoms with Crippen LogP contribution in [-0.4, -0.2) is 25.7 Å². The van der Waals surface area contributed by atoms with Crippen molar-refractivity contribution >= 4 is 45.8 Å². The fraction of sp³-hybridized carbons (Fsp3) is 0. The molecule has 82 valence electrons. The number of rotatable bonds is 2. The van der Waals surface area contributed by atoms with Gasteiger partial charge >= 0.3 is 0 Å². The smallest absolute Gasteiger partial charge is 0.260 e. The van der Waals surface area contributed by atoms with Crippen LogP contribution in [0.25, 0.3) is 0 Å². The number of carbonyl (C=O) groups is 1. The minimum Gasteiger partial charge on any atom is -0.295 e. The Morgan fingerprint density at radius 2 is 2.19 bits per heavy atom. The number of aromatic nitrogens is 4. The highest BCUT2D eigenvalue weighted by molar-refractivity contribution is 7.09. The molecule has 0 aromatic carbocycles. The summed E-state index contributed by atoms with van der Waals surface area (Å²) in [4.78, 5) is 15.4. The van der Waals surface area contributed by atoms with Crippen molar-refractivity contribution < 1.29 is 4.79 Å². The second kappa shape index (κ2) is 4.69. The van der Waals surface area contributed by atoms with Gasteiger partial charge in [-0.3, -0.25) is 10.1 Å². The summed E-state index contributed by atoms with van der Waals surface area (Å²) in [6, 6.07) is 2.95. The standard InChI is InChI=1S/C7H3Cl2N5OS/c8-4-2-1-3(5(9)10-4)6(15)11-7-12-13-14-16-7/h1-2H,(H,11,12,14,15). The average molecular weight is 276 g/mol. The summed E-state index contributed by atoms with van der Waals surface area (Å²) in [5.74, 6) is -0.437. The number of pyridine rings is 1. The van der Waals surface area contributed by atoms with Gasteiger partial charge in [0.2, 0.25) is 5.13 Å². The predicted molar refractivity (Wildman–Crippen MR) is 59.9 cm³/mol. The van der Waals surface area contributed by atoms with E-state index in [1.54, 1.807) is 0 Å². The number of hydrogen-bond acceptors (Lipinski definition) is 6. The molecule has 0 unspecified atom stereocenters. The maximum absolute atomic E-state index is 11.7. The first-order valence-corrected chi connectivity index (χ1v) is 5.48. The van der Waals surface area contributed by atoms with Crippen molar-refractivity contribution in [3.05, 3.63) is 28.0 Å². The molecule has 6 nitrogen and oxygen atoms in total. The van der Waals surface area contributed by atoms with Crippen molar-refractivity contribution in [2.75, 3.05) is 5.32 Å². The van der Waals surface area contributed by atoms with Gasteiger partial charge in [0.05, 0.1) is 5.56 Å². The SMILES string of the molecule is O=C(Nc1nnns1)c1ccc(Cl)nc1Cl. The van der Waals surface area contributed by atoms with Gasteiger partial charge in [0.1, 0.15) is 10.3 Å². The van der Waals surface area contributed by atoms with Gasteiger partial charge in [0, 0.05) is 11.5 Å². The summed E-state index contributed by atoms with van der Waals surface area (Å²) < 4.78 is 3.50. The lowest BCUT2D eigenvalue weighted by molar-refractivity contribution is 0.102. The summed E-state index contributed by atoms with van der Waals surface area (Å²) in [6.45, 7) is 0. The van der Waals surface area contributed by atoms with Crippen molar-refractivity contribution in [1.29, 1.82) is 0 Å². The van der Waals surface area contributed by atoms with E-state index in [9.17, 15) is 4.79 Å². The van der Waals surface area contributed by atoms with Crippen molar-refractivity contribution in [2.24, 2.45) is 0 Å². The lowest BCUT2D eigenvalue weighted by Crippen LogP contribution is -2.12. The fourth-order valence-corrected chi connectivity index (χ4v) is 1.72. The molecular formula is C7H3Cl2N5OS. The molecule has 2 heterocycles. The second-order valence-electron chi connectivity index (χ2n) is 2.59. The number of halogens is 2. The van der Waals surface area contributed by atoms with E-state index in [1.807, 2.05) is 0 Å². The Balaban J connectivity index is 2.21. The molecule has 1 amide bonds. The van der Waals surface area contributed by atoms with Crippen LogP contribution in [0.1, 0.15) is 10.4 Å². The summed E-state index contributed by atoms with van der Waals surface area (Å²) in [5, 5.41) is 9.92. The molecule has 0 aliphatic carbocycles. The van der Waals surface area contributed by atoms with Gasteiger partial charge in [0.15, 0.2) is 0 Å². The minimum absolute atomic E-state index is 0.0301. The zero-order valence-corrected chi connectivity index (χ0v) is 9.84. The van der Waals surface area contributed by atoms with E-state index in [1.165, 1.54) is 12.1 Å². The highest BCUT2D eigenvalue weighted by Crippen LogP contribution is 2.18. The van der Waals surface area contributed by atoms with Gasteiger partial charge in [-0.2, -0.15) is 0 Å². The average Bonchev–Trinajstić information content (AvgIpc) is 2.70. The van der Waals surface area contributed by atoms with Crippen LogP contribution < -0.4 is 5.32 Å². The monoisotopic (exact) mass is 275 g/mol. The summed E-state index contributed by atoms with van der Waals surface area (Å²) >= 11 is 12.3. The molecule has 9 heteroatoms. The zero-order chi connectivity index (χ0) is 11.5. The van der Waals surface area contributed by atoms with E-state index >= 15 is 0 Å². The van der Waals surface area contributed by atoms with E-state index < -0.39 is 5.91 Å². The number of hydrogen-bond donors (Lipinski definition) is 1. The number of anilines is 1. The summed E-state index contributed by atoms with van der Waals surface area (Å²) in [6.07, 6.45) is 0. The van der Waals surface area contributed by atoms with Crippen molar-refractivity contribution in [2.45, 2.75) is 0 Å². The van der Waals surface area contributed by atoms with E-state index in [0.717, 1.165) is 11.5 Å². The number of nitrogens with one attached hydrogen (secondary N) is 1. The largest absolute Gasteiger partial charge is 0.295 e. The highest BCUT2D eigenvalue weighted by Gasteiger charge is 2.13. The highest BCUT2D eigenvalue weighted by atomic mass is 35.5. The third-order valence-electron chi connectivity index (χ3n) is 1.58. The van der Waals surface area contributed by atoms with Crippen molar-refractivity contribution in [3.63, 3.8) is 0 Å². The van der Waals surface area contributed by atoms with Gasteiger partial charge in [-0.25, -0.2) is 4.98 Å². The van der Waals surface area contributed by atoms with Crippen LogP contribution in [0, 0.1) is 0 Å². The number of amides is 1. The van der Waals surface area contributed by atoms with Crippen LogP contribution in [0.3, 0.4) is 0 Å². The van der Waals surface area contributed by atoms with Gasteiger partial charge in [0.25, 0.3) is 5.91 Å². The Morgan fingerprint density at radius 3 is 2.81 bits per heavy atom. The van der Waals surface area contributed by atoms with Crippen LogP contribution in [-0.2, 0) is 0 Å². The first-order valence-electron chi connectivity index (χ1n) is 3.95. The third kappa shape index (κ3) is 2.43. The molecule has 0 fully saturated rings. The quantitative estimate of drug-likeness (QED) is 0.847. The van der Waals surface area contributed by atoms with Crippen LogP contribution in [0.4, 0.5) is 5.13 Å². The van der Waals surface area contributed by atoms with Crippen LogP contribution in [0.15, 0.2) is 12.1 Å². The van der Waals surface area contributed by atoms with Crippen molar-refractivity contribution in [1.82, 2.24) is 19.8 Å². The van der Waals surface area contributed by atoms with Gasteiger partial charge in [-0.1, -0.05) is 32.8 Å². The molecule has 0 bridgehead atoms. The molecule has 2 aromatic rings. The van der Waals surface area contributed by atoms with E-state index in [-0.39, 0.29) is 21.0 Å². The third-order valence-corrected chi connectivity index (χ3v) is 2.59. The van der Waals surface area contributed by atoms with Gasteiger partial charge in [-0.15, -0.1) is 0 Å². The molecule has 0 aliphatic rings. The normalized spacial score (nSPS) is 10.1. The predicted octanol–water partition coefficient (Wildman–Crippen LogP) is 1.89. The minimum atomic E-state index is -0.437. The maximum atomic E-state index is 11.7. The van der Waals surface area contributed by atoms with Crippen LogP contribution in [0.2, 0.25) is 10.3 Å². The molecule has 1 N–H and O–H groups in total. The Hall–Kier alpha value is -1.31. The second-order valence-corrected chi connectivity index (χ2v) is 4.07. The number of nitrogens with zero attached hydrogens (tertiary/aromatic N) is 4. The first-order chi connectivity index (χ1) is 7.66. The van der Waals surface area contributed by atoms with E-state index in [4.69, 9.17) is 23.2 Å². The molecular weight excluding hydrogens is 273 g/mol. The molecule has 16 heavy (non-hydrogen) atoms. The van der Waals surface area contributed by atoms with Crippen LogP contribution in [0.5, 0.6) is 0 Å². The Morgan fingerprint density at radius 1 is 1.38 bits per heavy atom.